The first-order valence-electron chi connectivity index (χ1n) is 12.4. The summed E-state index contributed by atoms with van der Waals surface area (Å²) in [7, 11) is 0. The summed E-state index contributed by atoms with van der Waals surface area (Å²) >= 11 is 0. The third kappa shape index (κ3) is 8.46. The fourth-order valence-electron chi connectivity index (χ4n) is 4.13. The molecule has 1 unspecified atom stereocenters. The number of carboxylic acid groups (broad SMARTS) is 1. The third-order valence-electron chi connectivity index (χ3n) is 6.06. The van der Waals surface area contributed by atoms with Crippen LogP contribution in [0.4, 0.5) is 11.6 Å². The number of fused-ring (bicyclic) bond motifs is 1. The first-order valence-corrected chi connectivity index (χ1v) is 12.4. The first kappa shape index (κ1) is 26.8. The van der Waals surface area contributed by atoms with Gasteiger partial charge in [-0.05, 0) is 56.7 Å². The highest BCUT2D eigenvalue weighted by Gasteiger charge is 2.21. The zero-order valence-electron chi connectivity index (χ0n) is 20.7. The van der Waals surface area contributed by atoms with E-state index in [0.29, 0.717) is 26.1 Å². The van der Waals surface area contributed by atoms with Crippen molar-refractivity contribution in [3.05, 3.63) is 41.5 Å². The van der Waals surface area contributed by atoms with Crippen molar-refractivity contribution < 1.29 is 14.7 Å². The zero-order valence-corrected chi connectivity index (χ0v) is 20.7. The van der Waals surface area contributed by atoms with E-state index in [1.165, 1.54) is 24.9 Å². The third-order valence-corrected chi connectivity index (χ3v) is 6.06. The van der Waals surface area contributed by atoms with Gasteiger partial charge in [0.1, 0.15) is 17.9 Å². The second-order valence-electron chi connectivity index (χ2n) is 8.81. The summed E-state index contributed by atoms with van der Waals surface area (Å²) in [5, 5.41) is 27.9. The molecule has 1 aliphatic rings. The quantitative estimate of drug-likeness (QED) is 0.286. The number of pyridine rings is 1. The van der Waals surface area contributed by atoms with Gasteiger partial charge in [-0.2, -0.15) is 5.26 Å². The Balaban J connectivity index is 1.52. The summed E-state index contributed by atoms with van der Waals surface area (Å²) in [5.41, 5.74) is 2.40. The van der Waals surface area contributed by atoms with E-state index >= 15 is 0 Å². The van der Waals surface area contributed by atoms with Crippen LogP contribution in [0, 0.1) is 11.3 Å². The number of hydrogen-bond acceptors (Lipinski definition) is 9. The van der Waals surface area contributed by atoms with Crippen molar-refractivity contribution >= 4 is 23.5 Å². The summed E-state index contributed by atoms with van der Waals surface area (Å²) in [4.78, 5) is 38.0. The molecule has 1 aliphatic heterocycles. The number of aromatic nitrogens is 3. The molecule has 2 aromatic rings. The summed E-state index contributed by atoms with van der Waals surface area (Å²) in [6.45, 7) is 4.82. The zero-order chi connectivity index (χ0) is 25.8. The van der Waals surface area contributed by atoms with Crippen LogP contribution in [-0.4, -0.2) is 75.6 Å². The monoisotopic (exact) mass is 494 g/mol. The molecule has 11 heteroatoms. The Morgan fingerprint density at radius 3 is 2.83 bits per heavy atom. The van der Waals surface area contributed by atoms with Gasteiger partial charge in [0, 0.05) is 51.2 Å². The normalized spacial score (nSPS) is 13.2. The van der Waals surface area contributed by atoms with Gasteiger partial charge in [0.2, 0.25) is 5.91 Å². The number of carbonyl (C=O) groups excluding carboxylic acids is 1. The highest BCUT2D eigenvalue weighted by Crippen LogP contribution is 2.20. The summed E-state index contributed by atoms with van der Waals surface area (Å²) in [6.07, 6.45) is 8.05. The van der Waals surface area contributed by atoms with Crippen LogP contribution in [0.25, 0.3) is 0 Å². The predicted molar refractivity (Wildman–Crippen MR) is 136 cm³/mol. The Labute approximate surface area is 211 Å². The van der Waals surface area contributed by atoms with Crippen LogP contribution in [0.1, 0.15) is 49.6 Å². The fraction of sp³-hybridized carbons (Fsp3) is 0.520. The van der Waals surface area contributed by atoms with Crippen molar-refractivity contribution in [2.75, 3.05) is 43.4 Å². The molecule has 11 nitrogen and oxygen atoms in total. The van der Waals surface area contributed by atoms with Gasteiger partial charge in [0.05, 0.1) is 0 Å². The maximum Gasteiger partial charge on any atom is 0.326 e. The van der Waals surface area contributed by atoms with E-state index in [-0.39, 0.29) is 17.4 Å². The average molecular weight is 495 g/mol. The number of aryl methyl sites for hydroxylation is 2. The number of aliphatic carboxylic acids is 1. The number of amides is 1. The molecule has 1 atom stereocenters. The first-order chi connectivity index (χ1) is 17.5. The molecule has 192 valence electrons. The Bertz CT molecular complexity index is 1070. The number of nitrogens with one attached hydrogen (secondary N) is 3. The molecule has 1 amide bonds. The summed E-state index contributed by atoms with van der Waals surface area (Å²) < 4.78 is 0. The van der Waals surface area contributed by atoms with Crippen LogP contribution < -0.4 is 16.0 Å². The van der Waals surface area contributed by atoms with Gasteiger partial charge in [0.25, 0.3) is 0 Å². The second kappa shape index (κ2) is 13.9. The predicted octanol–water partition coefficient (Wildman–Crippen LogP) is 1.82. The van der Waals surface area contributed by atoms with Crippen LogP contribution in [0.3, 0.4) is 0 Å². The molecule has 0 saturated heterocycles. The molecule has 0 aromatic carbocycles. The van der Waals surface area contributed by atoms with Crippen molar-refractivity contribution in [3.63, 3.8) is 0 Å². The van der Waals surface area contributed by atoms with E-state index in [4.69, 9.17) is 4.98 Å². The van der Waals surface area contributed by atoms with Crippen molar-refractivity contribution in [3.8, 4) is 6.07 Å². The number of unbranched alkanes of at least 4 members (excludes halogenated alkanes) is 1. The summed E-state index contributed by atoms with van der Waals surface area (Å²) in [5.74, 6) is 0.0343. The molecule has 0 spiro atoms. The molecule has 4 N–H and O–H groups in total. The lowest BCUT2D eigenvalue weighted by Gasteiger charge is -2.24. The number of hydrogen-bond donors (Lipinski definition) is 4. The minimum Gasteiger partial charge on any atom is -0.480 e. The SMILES string of the molecule is CC(=O)NCCN(CCCCc1ccc2c(n1)NCCC2)CCC(Nc1nccnc1C#N)C(=O)O. The second-order valence-corrected chi connectivity index (χ2v) is 8.81. The lowest BCUT2D eigenvalue weighted by atomic mass is 10.1. The number of carboxylic acids is 1. The molecule has 0 aliphatic carbocycles. The van der Waals surface area contributed by atoms with Gasteiger partial charge in [-0.25, -0.2) is 19.7 Å². The van der Waals surface area contributed by atoms with Gasteiger partial charge in [-0.3, -0.25) is 4.79 Å². The largest absolute Gasteiger partial charge is 0.480 e. The topological polar surface area (TPSA) is 156 Å². The van der Waals surface area contributed by atoms with Gasteiger partial charge in [-0.1, -0.05) is 6.07 Å². The Morgan fingerprint density at radius 1 is 1.22 bits per heavy atom. The molecule has 0 radical (unpaired) electrons. The fourth-order valence-corrected chi connectivity index (χ4v) is 4.13. The van der Waals surface area contributed by atoms with Gasteiger partial charge in [-0.15, -0.1) is 0 Å². The van der Waals surface area contributed by atoms with Gasteiger partial charge >= 0.3 is 5.97 Å². The minimum absolute atomic E-state index is 0.0530. The van der Waals surface area contributed by atoms with Crippen molar-refractivity contribution in [2.24, 2.45) is 0 Å². The lowest BCUT2D eigenvalue weighted by Crippen LogP contribution is -2.39. The smallest absolute Gasteiger partial charge is 0.326 e. The van der Waals surface area contributed by atoms with Crippen LogP contribution in [0.2, 0.25) is 0 Å². The number of anilines is 2. The van der Waals surface area contributed by atoms with Crippen molar-refractivity contribution in [1.29, 1.82) is 5.26 Å². The maximum absolute atomic E-state index is 11.9. The number of nitriles is 1. The molecular formula is C25H34N8O3. The molecule has 2 aromatic heterocycles. The average Bonchev–Trinajstić information content (AvgIpc) is 2.88. The van der Waals surface area contributed by atoms with E-state index in [9.17, 15) is 20.0 Å². The molecule has 3 rings (SSSR count). The molecule has 0 fully saturated rings. The lowest BCUT2D eigenvalue weighted by molar-refractivity contribution is -0.138. The van der Waals surface area contributed by atoms with Crippen LogP contribution in [-0.2, 0) is 22.4 Å². The van der Waals surface area contributed by atoms with Crippen molar-refractivity contribution in [2.45, 2.75) is 51.5 Å². The molecule has 3 heterocycles. The number of nitrogens with zero attached hydrogens (tertiary/aromatic N) is 5. The van der Waals surface area contributed by atoms with E-state index in [1.54, 1.807) is 0 Å². The highest BCUT2D eigenvalue weighted by atomic mass is 16.4. The van der Waals surface area contributed by atoms with Crippen molar-refractivity contribution in [1.82, 2.24) is 25.2 Å². The van der Waals surface area contributed by atoms with Crippen LogP contribution in [0.15, 0.2) is 24.5 Å². The van der Waals surface area contributed by atoms with Crippen LogP contribution in [0.5, 0.6) is 0 Å². The Hall–Kier alpha value is -3.78. The van der Waals surface area contributed by atoms with E-state index in [2.05, 4.69) is 43.0 Å². The molecule has 36 heavy (non-hydrogen) atoms. The molecular weight excluding hydrogens is 460 g/mol. The molecule has 0 bridgehead atoms. The van der Waals surface area contributed by atoms with E-state index in [0.717, 1.165) is 56.7 Å². The number of rotatable bonds is 14. The van der Waals surface area contributed by atoms with Gasteiger partial charge < -0.3 is 26.0 Å². The minimum atomic E-state index is -1.03. The Kier molecular flexibility index (Phi) is 10.4. The van der Waals surface area contributed by atoms with Gasteiger partial charge in [0.15, 0.2) is 11.5 Å². The standard InChI is InChI=1S/C25H34N8O3/c1-18(34)27-13-16-33(14-3-2-6-20-8-7-19-5-4-10-29-23(19)31-20)15-9-21(25(35)36)32-24-22(17-26)28-11-12-30-24/h7-8,11-12,21H,2-6,9-10,13-16H2,1H3,(H,27,34)(H,29,31)(H,30,32)(H,35,36). The van der Waals surface area contributed by atoms with E-state index in [1.807, 2.05) is 6.07 Å². The number of carbonyl (C=O) groups is 2. The highest BCUT2D eigenvalue weighted by molar-refractivity contribution is 5.77. The van der Waals surface area contributed by atoms with E-state index < -0.39 is 12.0 Å². The molecule has 0 saturated carbocycles. The maximum atomic E-state index is 11.9. The Morgan fingerprint density at radius 2 is 2.06 bits per heavy atom. The van der Waals surface area contributed by atoms with Crippen LogP contribution >= 0.6 is 0 Å². The summed E-state index contributed by atoms with van der Waals surface area (Å²) in [6, 6.07) is 5.26.